The molecule has 15 heavy (non-hydrogen) atoms. The van der Waals surface area contributed by atoms with Gasteiger partial charge in [0.15, 0.2) is 0 Å². The first-order valence-corrected chi connectivity index (χ1v) is 5.73. The van der Waals surface area contributed by atoms with E-state index in [1.54, 1.807) is 0 Å². The van der Waals surface area contributed by atoms with Gasteiger partial charge in [0, 0.05) is 23.5 Å². The monoisotopic (exact) mass is 219 g/mol. The molecule has 0 bridgehead atoms. The van der Waals surface area contributed by atoms with Gasteiger partial charge in [0.1, 0.15) is 0 Å². The largest absolute Gasteiger partial charge is 0.321 e. The molecular weight excluding hydrogens is 206 g/mol. The normalized spacial score (nSPS) is 10.5. The smallest absolute Gasteiger partial charge is 0.0452 e. The van der Waals surface area contributed by atoms with E-state index in [4.69, 9.17) is 11.6 Å². The Hall–Kier alpha value is -1.21. The number of hydrogen-bond donors (Lipinski definition) is 0. The molecule has 0 aliphatic rings. The second-order valence-electron chi connectivity index (χ2n) is 3.50. The lowest BCUT2D eigenvalue weighted by Gasteiger charge is -2.08. The summed E-state index contributed by atoms with van der Waals surface area (Å²) in [7, 11) is 0. The number of para-hydroxylation sites is 1. The van der Waals surface area contributed by atoms with Crippen LogP contribution in [-0.4, -0.2) is 10.4 Å². The molecule has 2 rings (SSSR count). The summed E-state index contributed by atoms with van der Waals surface area (Å²) in [5.74, 6) is 0.722. The highest BCUT2D eigenvalue weighted by Crippen LogP contribution is 2.13. The van der Waals surface area contributed by atoms with E-state index in [0.29, 0.717) is 0 Å². The zero-order chi connectivity index (χ0) is 10.5. The quantitative estimate of drug-likeness (QED) is 0.692. The third-order valence-corrected chi connectivity index (χ3v) is 2.70. The molecule has 0 unspecified atom stereocenters. The zero-order valence-corrected chi connectivity index (χ0v) is 9.32. The lowest BCUT2D eigenvalue weighted by Crippen LogP contribution is -1.98. The topological polar surface area (TPSA) is 4.93 Å². The highest BCUT2D eigenvalue weighted by Gasteiger charge is 2.01. The number of alkyl halides is 1. The number of hydrogen-bond acceptors (Lipinski definition) is 0. The average molecular weight is 220 g/mol. The van der Waals surface area contributed by atoms with Crippen LogP contribution < -0.4 is 0 Å². The third-order valence-electron chi connectivity index (χ3n) is 2.43. The number of nitrogens with zero attached hydrogens (tertiary/aromatic N) is 1. The fraction of sp³-hybridized carbons (Fsp3) is 0.231. The highest BCUT2D eigenvalue weighted by molar-refractivity contribution is 6.17. The molecule has 0 N–H and O–H groups in total. The zero-order valence-electron chi connectivity index (χ0n) is 8.57. The molecule has 2 heteroatoms. The van der Waals surface area contributed by atoms with Gasteiger partial charge >= 0.3 is 0 Å². The average Bonchev–Trinajstić information content (AvgIpc) is 2.75. The SMILES string of the molecule is ClCCCc1cccn1-c1ccccc1. The van der Waals surface area contributed by atoms with E-state index in [2.05, 4.69) is 47.2 Å². The van der Waals surface area contributed by atoms with Gasteiger partial charge in [-0.1, -0.05) is 18.2 Å². The van der Waals surface area contributed by atoms with Crippen LogP contribution in [0.2, 0.25) is 0 Å². The van der Waals surface area contributed by atoms with Crippen molar-refractivity contribution in [2.45, 2.75) is 12.8 Å². The first-order valence-electron chi connectivity index (χ1n) is 5.19. The predicted octanol–water partition coefficient (Wildman–Crippen LogP) is 3.65. The summed E-state index contributed by atoms with van der Waals surface area (Å²) in [4.78, 5) is 0. The Morgan fingerprint density at radius 1 is 1.00 bits per heavy atom. The van der Waals surface area contributed by atoms with Crippen LogP contribution in [0, 0.1) is 0 Å². The third kappa shape index (κ3) is 2.42. The van der Waals surface area contributed by atoms with Crippen molar-refractivity contribution in [3.8, 4) is 5.69 Å². The van der Waals surface area contributed by atoms with E-state index in [1.165, 1.54) is 11.4 Å². The number of aryl methyl sites for hydroxylation is 1. The molecule has 0 aliphatic heterocycles. The van der Waals surface area contributed by atoms with Crippen molar-refractivity contribution >= 4 is 11.6 Å². The van der Waals surface area contributed by atoms with Crippen molar-refractivity contribution in [2.75, 3.05) is 5.88 Å². The van der Waals surface area contributed by atoms with E-state index < -0.39 is 0 Å². The maximum Gasteiger partial charge on any atom is 0.0452 e. The van der Waals surface area contributed by atoms with Crippen molar-refractivity contribution < 1.29 is 0 Å². The van der Waals surface area contributed by atoms with Crippen LogP contribution >= 0.6 is 11.6 Å². The van der Waals surface area contributed by atoms with Gasteiger partial charge in [0.25, 0.3) is 0 Å². The first kappa shape index (κ1) is 10.3. The van der Waals surface area contributed by atoms with Crippen LogP contribution in [0.3, 0.4) is 0 Å². The Labute approximate surface area is 95.3 Å². The Morgan fingerprint density at radius 3 is 2.53 bits per heavy atom. The molecule has 2 aromatic rings. The molecule has 0 radical (unpaired) electrons. The fourth-order valence-electron chi connectivity index (χ4n) is 1.71. The van der Waals surface area contributed by atoms with Crippen LogP contribution in [0.15, 0.2) is 48.7 Å². The fourth-order valence-corrected chi connectivity index (χ4v) is 1.84. The minimum atomic E-state index is 0.722. The van der Waals surface area contributed by atoms with Gasteiger partial charge in [-0.2, -0.15) is 0 Å². The molecule has 0 aliphatic carbocycles. The minimum Gasteiger partial charge on any atom is -0.321 e. The van der Waals surface area contributed by atoms with Crippen LogP contribution in [0.4, 0.5) is 0 Å². The van der Waals surface area contributed by atoms with Gasteiger partial charge in [-0.25, -0.2) is 0 Å². The van der Waals surface area contributed by atoms with Crippen molar-refractivity contribution in [1.82, 2.24) is 4.57 Å². The maximum absolute atomic E-state index is 5.71. The van der Waals surface area contributed by atoms with Gasteiger partial charge in [-0.05, 0) is 37.1 Å². The van der Waals surface area contributed by atoms with E-state index >= 15 is 0 Å². The first-order chi connectivity index (χ1) is 7.42. The van der Waals surface area contributed by atoms with Crippen molar-refractivity contribution in [2.24, 2.45) is 0 Å². The summed E-state index contributed by atoms with van der Waals surface area (Å²) in [6.45, 7) is 0. The van der Waals surface area contributed by atoms with Crippen molar-refractivity contribution in [3.05, 3.63) is 54.4 Å². The Kier molecular flexibility index (Phi) is 3.46. The van der Waals surface area contributed by atoms with Crippen LogP contribution in [0.5, 0.6) is 0 Å². The van der Waals surface area contributed by atoms with E-state index in [-0.39, 0.29) is 0 Å². The van der Waals surface area contributed by atoms with E-state index in [1.807, 2.05) is 6.07 Å². The molecule has 0 atom stereocenters. The number of aromatic nitrogens is 1. The maximum atomic E-state index is 5.71. The number of halogens is 1. The molecule has 1 nitrogen and oxygen atoms in total. The van der Waals surface area contributed by atoms with Crippen molar-refractivity contribution in [3.63, 3.8) is 0 Å². The summed E-state index contributed by atoms with van der Waals surface area (Å²) in [5, 5.41) is 0. The molecule has 0 saturated carbocycles. The summed E-state index contributed by atoms with van der Waals surface area (Å²) in [5.41, 5.74) is 2.54. The Morgan fingerprint density at radius 2 is 1.80 bits per heavy atom. The number of benzene rings is 1. The minimum absolute atomic E-state index is 0.722. The molecule has 1 heterocycles. The second kappa shape index (κ2) is 5.04. The van der Waals surface area contributed by atoms with E-state index in [9.17, 15) is 0 Å². The molecule has 0 spiro atoms. The lowest BCUT2D eigenvalue weighted by atomic mass is 10.2. The van der Waals surface area contributed by atoms with Crippen LogP contribution in [0.1, 0.15) is 12.1 Å². The van der Waals surface area contributed by atoms with Crippen molar-refractivity contribution in [1.29, 1.82) is 0 Å². The van der Waals surface area contributed by atoms with Crippen LogP contribution in [0.25, 0.3) is 5.69 Å². The summed E-state index contributed by atoms with van der Waals surface area (Å²) < 4.78 is 2.21. The van der Waals surface area contributed by atoms with Gasteiger partial charge in [-0.3, -0.25) is 0 Å². The summed E-state index contributed by atoms with van der Waals surface area (Å²) in [6, 6.07) is 14.6. The molecule has 1 aromatic carbocycles. The molecular formula is C13H14ClN. The Balaban J connectivity index is 2.25. The number of rotatable bonds is 4. The Bertz CT molecular complexity index is 405. The van der Waals surface area contributed by atoms with Crippen LogP contribution in [-0.2, 0) is 6.42 Å². The summed E-state index contributed by atoms with van der Waals surface area (Å²) >= 11 is 5.71. The van der Waals surface area contributed by atoms with Gasteiger partial charge < -0.3 is 4.57 Å². The highest BCUT2D eigenvalue weighted by atomic mass is 35.5. The van der Waals surface area contributed by atoms with E-state index in [0.717, 1.165) is 18.7 Å². The standard InChI is InChI=1S/C13H14ClN/c14-10-4-8-13-9-5-11-15(13)12-6-2-1-3-7-12/h1-3,5-7,9,11H,4,8,10H2. The van der Waals surface area contributed by atoms with Gasteiger partial charge in [0.05, 0.1) is 0 Å². The molecule has 1 aromatic heterocycles. The second-order valence-corrected chi connectivity index (χ2v) is 3.88. The predicted molar refractivity (Wildman–Crippen MR) is 64.8 cm³/mol. The van der Waals surface area contributed by atoms with Gasteiger partial charge in [0.2, 0.25) is 0 Å². The molecule has 0 saturated heterocycles. The molecule has 78 valence electrons. The molecule has 0 amide bonds. The summed E-state index contributed by atoms with van der Waals surface area (Å²) in [6.07, 6.45) is 4.16. The van der Waals surface area contributed by atoms with Gasteiger partial charge in [-0.15, -0.1) is 11.6 Å². The lowest BCUT2D eigenvalue weighted by molar-refractivity contribution is 0.848. The molecule has 0 fully saturated rings.